The molecule has 20 heavy (non-hydrogen) atoms. The molecule has 0 aromatic carbocycles. The highest BCUT2D eigenvalue weighted by Crippen LogP contribution is 2.04. The van der Waals surface area contributed by atoms with Crippen LogP contribution in [0.15, 0.2) is 6.20 Å². The van der Waals surface area contributed by atoms with Gasteiger partial charge in [-0.25, -0.2) is 0 Å². The summed E-state index contributed by atoms with van der Waals surface area (Å²) in [7, 11) is 0. The second-order valence-corrected chi connectivity index (χ2v) is 5.19. The van der Waals surface area contributed by atoms with E-state index in [1.165, 1.54) is 0 Å². The Hall–Kier alpha value is -1.72. The van der Waals surface area contributed by atoms with E-state index in [0.29, 0.717) is 32.4 Å². The Kier molecular flexibility index (Phi) is 6.90. The molecular formula is C14H26N4O2. The fraction of sp³-hybridized carbons (Fsp3) is 0.714. The summed E-state index contributed by atoms with van der Waals surface area (Å²) in [6, 6.07) is 0. The summed E-state index contributed by atoms with van der Waals surface area (Å²) in [6.45, 7) is 7.03. The molecule has 1 heterocycles. The normalized spacial score (nSPS) is 10.8. The second kappa shape index (κ2) is 8.45. The van der Waals surface area contributed by atoms with Crippen LogP contribution in [0.5, 0.6) is 0 Å². The number of hydrogen-bond donors (Lipinski definition) is 1. The number of hydrogen-bond acceptors (Lipinski definition) is 4. The van der Waals surface area contributed by atoms with Crippen LogP contribution >= 0.6 is 0 Å². The average Bonchev–Trinajstić information content (AvgIpc) is 2.88. The van der Waals surface area contributed by atoms with Crippen LogP contribution in [0, 0.1) is 5.92 Å². The zero-order valence-electron chi connectivity index (χ0n) is 12.6. The highest BCUT2D eigenvalue weighted by Gasteiger charge is 2.09. The van der Waals surface area contributed by atoms with Crippen molar-refractivity contribution in [3.63, 3.8) is 0 Å². The molecule has 1 amide bonds. The molecule has 0 saturated heterocycles. The highest BCUT2D eigenvalue weighted by molar-refractivity contribution is 5.80. The lowest BCUT2D eigenvalue weighted by Gasteiger charge is -2.03. The van der Waals surface area contributed by atoms with E-state index in [9.17, 15) is 9.59 Å². The minimum atomic E-state index is 0. The summed E-state index contributed by atoms with van der Waals surface area (Å²) in [5.41, 5.74) is 0.799. The first-order valence-corrected chi connectivity index (χ1v) is 7.21. The van der Waals surface area contributed by atoms with Gasteiger partial charge in [-0.1, -0.05) is 26.0 Å². The van der Waals surface area contributed by atoms with E-state index in [4.69, 9.17) is 0 Å². The lowest BCUT2D eigenvalue weighted by atomic mass is 10.0. The first kappa shape index (κ1) is 16.3. The summed E-state index contributed by atoms with van der Waals surface area (Å²) >= 11 is 0. The minimum Gasteiger partial charge on any atom is -0.356 e. The molecule has 0 atom stereocenters. The van der Waals surface area contributed by atoms with E-state index in [0.717, 1.165) is 12.1 Å². The van der Waals surface area contributed by atoms with Crippen LogP contribution in [0.4, 0.5) is 0 Å². The molecule has 0 radical (unpaired) electrons. The molecule has 6 nitrogen and oxygen atoms in total. The predicted molar refractivity (Wildman–Crippen MR) is 78.2 cm³/mol. The van der Waals surface area contributed by atoms with Crippen molar-refractivity contribution in [2.75, 3.05) is 6.54 Å². The number of Topliss-reactive ketones (excluding diaryl/α,β-unsaturated/α-hetero) is 1. The van der Waals surface area contributed by atoms with Gasteiger partial charge in [0.05, 0.1) is 12.2 Å². The highest BCUT2D eigenvalue weighted by atomic mass is 16.1. The van der Waals surface area contributed by atoms with Crippen LogP contribution in [-0.4, -0.2) is 33.2 Å². The van der Waals surface area contributed by atoms with E-state index in [1.807, 2.05) is 20.8 Å². The Bertz CT molecular complexity index is 446. The first-order valence-electron chi connectivity index (χ1n) is 7.21. The van der Waals surface area contributed by atoms with Gasteiger partial charge in [-0.15, -0.1) is 5.10 Å². The van der Waals surface area contributed by atoms with Crippen molar-refractivity contribution >= 4 is 11.7 Å². The van der Waals surface area contributed by atoms with Gasteiger partial charge < -0.3 is 5.32 Å². The van der Waals surface area contributed by atoms with Crippen molar-refractivity contribution in [1.29, 1.82) is 0 Å². The van der Waals surface area contributed by atoms with Gasteiger partial charge in [-0.05, 0) is 6.42 Å². The number of amides is 1. The van der Waals surface area contributed by atoms with Gasteiger partial charge in [-0.2, -0.15) is 0 Å². The molecule has 0 aliphatic heterocycles. The Morgan fingerprint density at radius 3 is 2.80 bits per heavy atom. The largest absolute Gasteiger partial charge is 0.356 e. The van der Waals surface area contributed by atoms with Crippen LogP contribution < -0.4 is 5.32 Å². The van der Waals surface area contributed by atoms with Crippen molar-refractivity contribution in [2.24, 2.45) is 5.92 Å². The maximum atomic E-state index is 11.5. The zero-order valence-corrected chi connectivity index (χ0v) is 12.6. The number of nitrogens with zero attached hydrogens (tertiary/aromatic N) is 3. The summed E-state index contributed by atoms with van der Waals surface area (Å²) < 4.78 is 1.65. The van der Waals surface area contributed by atoms with Crippen molar-refractivity contribution in [1.82, 2.24) is 20.3 Å². The van der Waals surface area contributed by atoms with Gasteiger partial charge in [0.2, 0.25) is 5.91 Å². The molecule has 114 valence electrons. The summed E-state index contributed by atoms with van der Waals surface area (Å²) in [4.78, 5) is 23.0. The van der Waals surface area contributed by atoms with Crippen molar-refractivity contribution in [3.05, 3.63) is 11.9 Å². The lowest BCUT2D eigenvalue weighted by Crippen LogP contribution is -2.25. The molecule has 1 N–H and O–H groups in total. The monoisotopic (exact) mass is 282 g/mol. The zero-order chi connectivity index (χ0) is 15.0. The van der Waals surface area contributed by atoms with Crippen LogP contribution in [0.1, 0.15) is 47.2 Å². The maximum Gasteiger partial charge on any atom is 0.221 e. The smallest absolute Gasteiger partial charge is 0.221 e. The number of ketones is 1. The van der Waals surface area contributed by atoms with Gasteiger partial charge in [0.1, 0.15) is 5.78 Å². The third kappa shape index (κ3) is 5.95. The lowest BCUT2D eigenvalue weighted by molar-refractivity contribution is -0.122. The van der Waals surface area contributed by atoms with Crippen LogP contribution in [0.2, 0.25) is 0 Å². The number of carbonyl (C=O) groups is 2. The fourth-order valence-electron chi connectivity index (χ4n) is 1.67. The average molecular weight is 282 g/mol. The molecule has 0 aliphatic rings. The number of aromatic nitrogens is 3. The van der Waals surface area contributed by atoms with Gasteiger partial charge in [0, 0.05) is 39.3 Å². The summed E-state index contributed by atoms with van der Waals surface area (Å²) in [6.07, 6.45) is 4.24. The molecule has 1 aromatic heterocycles. The van der Waals surface area contributed by atoms with E-state index in [2.05, 4.69) is 15.6 Å². The predicted octanol–water partition coefficient (Wildman–Crippen LogP) is 1.60. The number of carbonyl (C=O) groups excluding carboxylic acids is 2. The number of aryl methyl sites for hydroxylation is 2. The molecule has 0 spiro atoms. The number of rotatable bonds is 9. The SMILES string of the molecule is CCCNC(=O)CCn1cc(CCC(=O)C(C)C)nn1.[HH]. The third-order valence-corrected chi connectivity index (χ3v) is 3.00. The van der Waals surface area contributed by atoms with Gasteiger partial charge in [-0.3, -0.25) is 14.3 Å². The van der Waals surface area contributed by atoms with Crippen molar-refractivity contribution < 1.29 is 11.0 Å². The molecule has 0 unspecified atom stereocenters. The van der Waals surface area contributed by atoms with E-state index < -0.39 is 0 Å². The molecule has 1 aromatic rings. The second-order valence-electron chi connectivity index (χ2n) is 5.19. The fourth-order valence-corrected chi connectivity index (χ4v) is 1.67. The molecule has 0 aliphatic carbocycles. The van der Waals surface area contributed by atoms with Crippen molar-refractivity contribution in [3.8, 4) is 0 Å². The Morgan fingerprint density at radius 1 is 1.40 bits per heavy atom. The van der Waals surface area contributed by atoms with Crippen LogP contribution in [0.25, 0.3) is 0 Å². The topological polar surface area (TPSA) is 76.9 Å². The summed E-state index contributed by atoms with van der Waals surface area (Å²) in [5, 5.41) is 10.8. The van der Waals surface area contributed by atoms with Crippen LogP contribution in [-0.2, 0) is 22.6 Å². The van der Waals surface area contributed by atoms with Crippen LogP contribution in [0.3, 0.4) is 0 Å². The van der Waals surface area contributed by atoms with E-state index in [-0.39, 0.29) is 19.0 Å². The number of nitrogens with one attached hydrogen (secondary N) is 1. The summed E-state index contributed by atoms with van der Waals surface area (Å²) in [5.74, 6) is 0.324. The quantitative estimate of drug-likeness (QED) is 0.746. The molecule has 0 bridgehead atoms. The molecule has 0 fully saturated rings. The Morgan fingerprint density at radius 2 is 2.15 bits per heavy atom. The first-order chi connectivity index (χ1) is 9.52. The van der Waals surface area contributed by atoms with E-state index in [1.54, 1.807) is 10.9 Å². The Labute approximate surface area is 121 Å². The molecular weight excluding hydrogens is 256 g/mol. The molecule has 0 saturated carbocycles. The molecule has 1 rings (SSSR count). The van der Waals surface area contributed by atoms with Gasteiger partial charge in [0.15, 0.2) is 0 Å². The van der Waals surface area contributed by atoms with Crippen molar-refractivity contribution in [2.45, 2.75) is 53.0 Å². The molecule has 6 heteroatoms. The Balaban J connectivity index is 0.00000400. The third-order valence-electron chi connectivity index (χ3n) is 3.00. The standard InChI is InChI=1S/C14H24N4O2.H2/c1-4-8-15-14(20)7-9-18-10-12(16-17-18)5-6-13(19)11(2)3;/h10-11H,4-9H2,1-3H3,(H,15,20);1H. The van der Waals surface area contributed by atoms with E-state index >= 15 is 0 Å². The minimum absolute atomic E-state index is 0. The maximum absolute atomic E-state index is 11.5. The van der Waals surface area contributed by atoms with Gasteiger partial charge in [0.25, 0.3) is 0 Å². The van der Waals surface area contributed by atoms with Gasteiger partial charge >= 0.3 is 0 Å².